The number of aliphatic imine (C=N–C) groups is 1. The lowest BCUT2D eigenvalue weighted by Crippen LogP contribution is -2.23. The van der Waals surface area contributed by atoms with Crippen LogP contribution in [0.4, 0.5) is 5.69 Å². The van der Waals surface area contributed by atoms with E-state index in [4.69, 9.17) is 10.5 Å². The molecule has 0 spiro atoms. The van der Waals surface area contributed by atoms with E-state index in [9.17, 15) is 0 Å². The van der Waals surface area contributed by atoms with Gasteiger partial charge in [0.1, 0.15) is 5.75 Å². The molecule has 0 aliphatic heterocycles. The lowest BCUT2D eigenvalue weighted by atomic mass is 10.1. The molecule has 2 rings (SSSR count). The van der Waals surface area contributed by atoms with Gasteiger partial charge < -0.3 is 15.8 Å². The van der Waals surface area contributed by atoms with Crippen LogP contribution in [0.1, 0.15) is 25.3 Å². The minimum absolute atomic E-state index is 0. The highest BCUT2D eigenvalue weighted by molar-refractivity contribution is 14.0. The van der Waals surface area contributed by atoms with Gasteiger partial charge in [0.2, 0.25) is 0 Å². The first kappa shape index (κ1) is 20.3. The lowest BCUT2D eigenvalue weighted by molar-refractivity contribution is 0.309. The average Bonchev–Trinajstić information content (AvgIpc) is 2.57. The predicted molar refractivity (Wildman–Crippen MR) is 113 cm³/mol. The quantitative estimate of drug-likeness (QED) is 0.277. The second-order valence-electron chi connectivity index (χ2n) is 5.35. The molecule has 0 unspecified atom stereocenters. The summed E-state index contributed by atoms with van der Waals surface area (Å²) in [7, 11) is 0. The molecule has 0 atom stereocenters. The Morgan fingerprint density at radius 3 is 2.46 bits per heavy atom. The SMILES string of the molecule is CCCCOc1ccc(CCN=C(N)Nc2ccccc2)cc1.I. The van der Waals surface area contributed by atoms with Crippen molar-refractivity contribution in [1.82, 2.24) is 0 Å². The van der Waals surface area contributed by atoms with E-state index in [-0.39, 0.29) is 24.0 Å². The molecule has 130 valence electrons. The van der Waals surface area contributed by atoms with Gasteiger partial charge in [-0.2, -0.15) is 0 Å². The molecule has 0 bridgehead atoms. The highest BCUT2D eigenvalue weighted by atomic mass is 127. The fourth-order valence-corrected chi connectivity index (χ4v) is 2.10. The van der Waals surface area contributed by atoms with E-state index >= 15 is 0 Å². The van der Waals surface area contributed by atoms with Crippen molar-refractivity contribution in [3.8, 4) is 5.75 Å². The normalized spacial score (nSPS) is 10.8. The summed E-state index contributed by atoms with van der Waals surface area (Å²) in [6, 6.07) is 18.0. The topological polar surface area (TPSA) is 59.6 Å². The van der Waals surface area contributed by atoms with Crippen LogP contribution in [0.5, 0.6) is 5.75 Å². The number of benzene rings is 2. The number of unbranched alkanes of at least 4 members (excludes halogenated alkanes) is 1. The molecule has 5 heteroatoms. The minimum Gasteiger partial charge on any atom is -0.494 e. The Morgan fingerprint density at radius 2 is 1.79 bits per heavy atom. The second kappa shape index (κ2) is 11.7. The first-order valence-corrected chi connectivity index (χ1v) is 8.11. The maximum atomic E-state index is 5.88. The third-order valence-corrected chi connectivity index (χ3v) is 3.42. The number of guanidine groups is 1. The van der Waals surface area contributed by atoms with E-state index < -0.39 is 0 Å². The fourth-order valence-electron chi connectivity index (χ4n) is 2.10. The van der Waals surface area contributed by atoms with Crippen LogP contribution in [0.3, 0.4) is 0 Å². The second-order valence-corrected chi connectivity index (χ2v) is 5.35. The molecule has 3 N–H and O–H groups in total. The summed E-state index contributed by atoms with van der Waals surface area (Å²) in [6.07, 6.45) is 3.09. The lowest BCUT2D eigenvalue weighted by Gasteiger charge is -2.07. The summed E-state index contributed by atoms with van der Waals surface area (Å²) in [4.78, 5) is 4.35. The van der Waals surface area contributed by atoms with Crippen molar-refractivity contribution in [2.75, 3.05) is 18.5 Å². The number of nitrogens with two attached hydrogens (primary N) is 1. The van der Waals surface area contributed by atoms with Crippen molar-refractivity contribution in [3.05, 3.63) is 60.2 Å². The number of ether oxygens (including phenoxy) is 1. The molecule has 0 amide bonds. The van der Waals surface area contributed by atoms with Crippen LogP contribution in [0.25, 0.3) is 0 Å². The molecular weight excluding hydrogens is 413 g/mol. The van der Waals surface area contributed by atoms with E-state index in [1.807, 2.05) is 42.5 Å². The molecule has 0 aliphatic rings. The number of hydrogen-bond acceptors (Lipinski definition) is 2. The number of hydrogen-bond donors (Lipinski definition) is 2. The third-order valence-electron chi connectivity index (χ3n) is 3.42. The van der Waals surface area contributed by atoms with Gasteiger partial charge in [-0.3, -0.25) is 4.99 Å². The van der Waals surface area contributed by atoms with E-state index in [0.717, 1.165) is 37.3 Å². The Morgan fingerprint density at radius 1 is 1.08 bits per heavy atom. The smallest absolute Gasteiger partial charge is 0.193 e. The van der Waals surface area contributed by atoms with Crippen LogP contribution in [-0.2, 0) is 6.42 Å². The molecule has 24 heavy (non-hydrogen) atoms. The first-order chi connectivity index (χ1) is 11.3. The Labute approximate surface area is 161 Å². The van der Waals surface area contributed by atoms with Gasteiger partial charge in [0.05, 0.1) is 6.61 Å². The molecule has 4 nitrogen and oxygen atoms in total. The zero-order chi connectivity index (χ0) is 16.3. The summed E-state index contributed by atoms with van der Waals surface area (Å²) < 4.78 is 5.65. The molecule has 0 saturated carbocycles. The Bertz CT molecular complexity index is 600. The van der Waals surface area contributed by atoms with Crippen molar-refractivity contribution in [1.29, 1.82) is 0 Å². The Kier molecular flexibility index (Phi) is 9.91. The summed E-state index contributed by atoms with van der Waals surface area (Å²) in [5.41, 5.74) is 8.05. The minimum atomic E-state index is 0. The van der Waals surface area contributed by atoms with Crippen molar-refractivity contribution in [2.24, 2.45) is 10.7 Å². The largest absolute Gasteiger partial charge is 0.494 e. The number of rotatable bonds is 8. The number of halogens is 1. The number of anilines is 1. The van der Waals surface area contributed by atoms with Gasteiger partial charge in [-0.15, -0.1) is 24.0 Å². The Hall–Kier alpha value is -1.76. The van der Waals surface area contributed by atoms with Crippen molar-refractivity contribution in [3.63, 3.8) is 0 Å². The molecule has 0 fully saturated rings. The predicted octanol–water partition coefficient (Wildman–Crippen LogP) is 4.45. The van der Waals surface area contributed by atoms with E-state index in [1.54, 1.807) is 0 Å². The summed E-state index contributed by atoms with van der Waals surface area (Å²) in [5.74, 6) is 1.37. The van der Waals surface area contributed by atoms with Gasteiger partial charge in [-0.05, 0) is 42.7 Å². The molecule has 0 heterocycles. The van der Waals surface area contributed by atoms with Crippen LogP contribution in [0.15, 0.2) is 59.6 Å². The third kappa shape index (κ3) is 7.68. The van der Waals surface area contributed by atoms with Crippen LogP contribution < -0.4 is 15.8 Å². The standard InChI is InChI=1S/C19H25N3O.HI/c1-2-3-15-23-18-11-9-16(10-12-18)13-14-21-19(20)22-17-7-5-4-6-8-17;/h4-12H,2-3,13-15H2,1H3,(H3,20,21,22);1H. The molecule has 0 aliphatic carbocycles. The fraction of sp³-hybridized carbons (Fsp3) is 0.316. The van der Waals surface area contributed by atoms with Gasteiger partial charge in [-0.1, -0.05) is 43.7 Å². The Balaban J connectivity index is 0.00000288. The summed E-state index contributed by atoms with van der Waals surface area (Å²) in [5, 5.41) is 3.07. The van der Waals surface area contributed by atoms with Crippen molar-refractivity contribution < 1.29 is 4.74 Å². The van der Waals surface area contributed by atoms with Gasteiger partial charge in [0, 0.05) is 12.2 Å². The van der Waals surface area contributed by atoms with Gasteiger partial charge in [0.15, 0.2) is 5.96 Å². The number of para-hydroxylation sites is 1. The maximum absolute atomic E-state index is 5.88. The van der Waals surface area contributed by atoms with Crippen LogP contribution in [-0.4, -0.2) is 19.1 Å². The molecule has 2 aromatic rings. The van der Waals surface area contributed by atoms with Crippen molar-refractivity contribution >= 4 is 35.6 Å². The van der Waals surface area contributed by atoms with E-state index in [2.05, 4.69) is 29.4 Å². The van der Waals surface area contributed by atoms with Gasteiger partial charge in [-0.25, -0.2) is 0 Å². The summed E-state index contributed by atoms with van der Waals surface area (Å²) >= 11 is 0. The van der Waals surface area contributed by atoms with Crippen LogP contribution >= 0.6 is 24.0 Å². The monoisotopic (exact) mass is 439 g/mol. The van der Waals surface area contributed by atoms with E-state index in [0.29, 0.717) is 12.5 Å². The molecule has 0 saturated heterocycles. The maximum Gasteiger partial charge on any atom is 0.193 e. The molecular formula is C19H26IN3O. The average molecular weight is 439 g/mol. The van der Waals surface area contributed by atoms with Crippen molar-refractivity contribution in [2.45, 2.75) is 26.2 Å². The zero-order valence-corrected chi connectivity index (χ0v) is 16.4. The van der Waals surface area contributed by atoms with Crippen LogP contribution in [0.2, 0.25) is 0 Å². The number of nitrogens with zero attached hydrogens (tertiary/aromatic N) is 1. The van der Waals surface area contributed by atoms with E-state index in [1.165, 1.54) is 5.56 Å². The number of nitrogens with one attached hydrogen (secondary N) is 1. The van der Waals surface area contributed by atoms with Crippen LogP contribution in [0, 0.1) is 0 Å². The summed E-state index contributed by atoms with van der Waals surface area (Å²) in [6.45, 7) is 3.59. The first-order valence-electron chi connectivity index (χ1n) is 8.11. The highest BCUT2D eigenvalue weighted by Crippen LogP contribution is 2.13. The molecule has 0 radical (unpaired) electrons. The zero-order valence-electron chi connectivity index (χ0n) is 14.1. The molecule has 2 aromatic carbocycles. The highest BCUT2D eigenvalue weighted by Gasteiger charge is 1.97. The molecule has 0 aromatic heterocycles. The van der Waals surface area contributed by atoms with Gasteiger partial charge in [0.25, 0.3) is 0 Å². The van der Waals surface area contributed by atoms with Gasteiger partial charge >= 0.3 is 0 Å².